The van der Waals surface area contributed by atoms with Gasteiger partial charge in [0.05, 0.1) is 11.6 Å². The van der Waals surface area contributed by atoms with E-state index in [9.17, 15) is 10.1 Å². The normalized spacial score (nSPS) is 13.9. The molecule has 1 aromatic rings. The Morgan fingerprint density at radius 1 is 1.05 bits per heavy atom. The highest BCUT2D eigenvalue weighted by Crippen LogP contribution is 2.30. The van der Waals surface area contributed by atoms with Crippen molar-refractivity contribution in [3.8, 4) is 6.07 Å². The lowest BCUT2D eigenvalue weighted by molar-refractivity contribution is 0.0416. The number of nitriles is 1. The quantitative estimate of drug-likeness (QED) is 0.172. The number of nitrogens with two attached hydrogens (primary N) is 1. The molecular weight excluding hydrogens is 558 g/mol. The van der Waals surface area contributed by atoms with Crippen LogP contribution in [0.4, 0.5) is 4.79 Å². The summed E-state index contributed by atoms with van der Waals surface area (Å²) in [4.78, 5) is 14.0. The zero-order chi connectivity index (χ0) is 29.9. The Kier molecular flexibility index (Phi) is 18.6. The summed E-state index contributed by atoms with van der Waals surface area (Å²) < 4.78 is 10.7. The zero-order valence-corrected chi connectivity index (χ0v) is 26.8. The molecule has 0 saturated carbocycles. The number of piperidine rings is 1. The molecule has 4 N–H and O–H groups in total. The molecule has 0 atom stereocenters. The highest BCUT2D eigenvalue weighted by Gasteiger charge is 2.22. The van der Waals surface area contributed by atoms with Crippen LogP contribution >= 0.6 is 15.9 Å². The summed E-state index contributed by atoms with van der Waals surface area (Å²) in [5.74, 6) is 1.13. The van der Waals surface area contributed by atoms with E-state index in [1.165, 1.54) is 12.6 Å². The van der Waals surface area contributed by atoms with Gasteiger partial charge in [-0.05, 0) is 118 Å². The molecule has 39 heavy (non-hydrogen) atoms. The van der Waals surface area contributed by atoms with Gasteiger partial charge in [0.2, 0.25) is 0 Å². The molecule has 1 aliphatic heterocycles. The maximum absolute atomic E-state index is 11.6. The fourth-order valence-electron chi connectivity index (χ4n) is 3.93. The maximum Gasteiger partial charge on any atom is 0.407 e. The molecule has 1 amide bonds. The van der Waals surface area contributed by atoms with E-state index in [1.54, 1.807) is 0 Å². The fourth-order valence-corrected chi connectivity index (χ4v) is 4.21. The predicted octanol–water partition coefficient (Wildman–Crippen LogP) is 5.87. The largest absolute Gasteiger partial charge is 0.474 e. The third-order valence-electron chi connectivity index (χ3n) is 5.49. The van der Waals surface area contributed by atoms with Crippen LogP contribution in [0.3, 0.4) is 0 Å². The molecule has 1 saturated heterocycles. The molecular formula is C30H52BrN5O3. The number of nitrogens with zero attached hydrogens (tertiary/aromatic N) is 2. The minimum Gasteiger partial charge on any atom is -0.474 e. The van der Waals surface area contributed by atoms with Gasteiger partial charge in [0.1, 0.15) is 11.2 Å². The minimum atomic E-state index is -0.453. The van der Waals surface area contributed by atoms with Crippen molar-refractivity contribution in [2.75, 3.05) is 45.1 Å². The molecule has 0 aromatic heterocycles. The number of alkyl carbamates (subject to hydrolysis) is 1. The van der Waals surface area contributed by atoms with E-state index in [4.69, 9.17) is 9.47 Å². The van der Waals surface area contributed by atoms with Gasteiger partial charge in [-0.25, -0.2) is 4.79 Å². The molecule has 1 heterocycles. The first-order chi connectivity index (χ1) is 18.3. The van der Waals surface area contributed by atoms with E-state index >= 15 is 0 Å². The number of carbonyl (C=O) groups is 1. The molecule has 0 radical (unpaired) electrons. The average molecular weight is 611 g/mol. The number of ether oxygens (including phenoxy) is 2. The Morgan fingerprint density at radius 3 is 2.15 bits per heavy atom. The minimum absolute atomic E-state index is 0.154. The molecule has 222 valence electrons. The van der Waals surface area contributed by atoms with E-state index in [2.05, 4.69) is 55.9 Å². The fraction of sp³-hybridized carbons (Fsp3) is 0.667. The van der Waals surface area contributed by atoms with Crippen LogP contribution in [0.5, 0.6) is 0 Å². The van der Waals surface area contributed by atoms with Gasteiger partial charge in [-0.3, -0.25) is 0 Å². The number of carbonyl (C=O) groups excluding carboxylic acids is 1. The SMILES string of the molecule is C=C(NCCCBr)OC(C)(C)C.CC(C)(C)OC(=O)NCCCN1CCC(c2ccccc2C#N)CC1.CN. The third-order valence-corrected chi connectivity index (χ3v) is 6.05. The number of nitrogens with one attached hydrogen (secondary N) is 2. The van der Waals surface area contributed by atoms with Gasteiger partial charge in [-0.1, -0.05) is 34.1 Å². The van der Waals surface area contributed by atoms with Crippen molar-refractivity contribution in [3.05, 3.63) is 47.9 Å². The van der Waals surface area contributed by atoms with Crippen LogP contribution in [0.15, 0.2) is 36.7 Å². The number of hydrogen-bond donors (Lipinski definition) is 3. The standard InChI is InChI=1S/C20H29N3O2.C9H18BrNO.CH5N/c1-20(2,3)25-19(24)22-11-6-12-23-13-9-16(10-14-23)18-8-5-4-7-17(18)15-21;1-8(11-7-5-6-10)12-9(2,3)4;1-2/h4-5,7-8,16H,6,9-14H2,1-3H3,(H,22,24);11H,1,5-7H2,2-4H3;2H2,1H3. The summed E-state index contributed by atoms with van der Waals surface area (Å²) in [5, 5.41) is 16.2. The molecule has 1 aromatic carbocycles. The van der Waals surface area contributed by atoms with Gasteiger partial charge in [-0.2, -0.15) is 5.26 Å². The van der Waals surface area contributed by atoms with Crippen LogP contribution in [-0.4, -0.2) is 67.3 Å². The van der Waals surface area contributed by atoms with E-state index < -0.39 is 5.60 Å². The Hall–Kier alpha value is -2.28. The lowest BCUT2D eigenvalue weighted by Gasteiger charge is -2.32. The van der Waals surface area contributed by atoms with Gasteiger partial charge < -0.3 is 30.7 Å². The molecule has 1 aliphatic rings. The Labute approximate surface area is 245 Å². The molecule has 0 bridgehead atoms. The molecule has 8 nitrogen and oxygen atoms in total. The zero-order valence-electron chi connectivity index (χ0n) is 25.2. The van der Waals surface area contributed by atoms with Gasteiger partial charge in [0.15, 0.2) is 5.88 Å². The summed E-state index contributed by atoms with van der Waals surface area (Å²) in [6, 6.07) is 10.2. The van der Waals surface area contributed by atoms with Crippen LogP contribution in [0.25, 0.3) is 0 Å². The maximum atomic E-state index is 11.6. The van der Waals surface area contributed by atoms with E-state index in [0.717, 1.165) is 62.8 Å². The van der Waals surface area contributed by atoms with Crippen molar-refractivity contribution in [2.24, 2.45) is 5.73 Å². The Bertz CT molecular complexity index is 867. The Balaban J connectivity index is 0.000000871. The van der Waals surface area contributed by atoms with Gasteiger partial charge in [0, 0.05) is 18.4 Å². The highest BCUT2D eigenvalue weighted by atomic mass is 79.9. The first kappa shape index (κ1) is 36.7. The van der Waals surface area contributed by atoms with Crippen LogP contribution in [-0.2, 0) is 9.47 Å². The summed E-state index contributed by atoms with van der Waals surface area (Å²) in [5.41, 5.74) is 5.89. The van der Waals surface area contributed by atoms with E-state index in [1.807, 2.05) is 59.7 Å². The van der Waals surface area contributed by atoms with Crippen molar-refractivity contribution < 1.29 is 14.3 Å². The summed E-state index contributed by atoms with van der Waals surface area (Å²) in [6.07, 6.45) is 3.81. The second-order valence-electron chi connectivity index (χ2n) is 11.2. The van der Waals surface area contributed by atoms with Gasteiger partial charge in [-0.15, -0.1) is 0 Å². The topological polar surface area (TPSA) is 113 Å². The first-order valence-electron chi connectivity index (χ1n) is 13.8. The van der Waals surface area contributed by atoms with Gasteiger partial charge >= 0.3 is 6.09 Å². The summed E-state index contributed by atoms with van der Waals surface area (Å²) in [6.45, 7) is 19.9. The number of rotatable bonds is 10. The Morgan fingerprint density at radius 2 is 1.62 bits per heavy atom. The average Bonchev–Trinajstić information content (AvgIpc) is 2.87. The molecule has 2 rings (SSSR count). The van der Waals surface area contributed by atoms with Gasteiger partial charge in [0.25, 0.3) is 0 Å². The van der Waals surface area contributed by atoms with Crippen molar-refractivity contribution in [3.63, 3.8) is 0 Å². The van der Waals surface area contributed by atoms with Crippen molar-refractivity contribution in [1.82, 2.24) is 15.5 Å². The molecule has 0 unspecified atom stereocenters. The van der Waals surface area contributed by atoms with Crippen molar-refractivity contribution in [2.45, 2.75) is 84.3 Å². The molecule has 1 fully saturated rings. The van der Waals surface area contributed by atoms with Crippen LogP contribution < -0.4 is 16.4 Å². The van der Waals surface area contributed by atoms with Crippen molar-refractivity contribution >= 4 is 22.0 Å². The predicted molar refractivity (Wildman–Crippen MR) is 165 cm³/mol. The number of likely N-dealkylation sites (tertiary alicyclic amines) is 1. The number of alkyl halides is 1. The lowest BCUT2D eigenvalue weighted by atomic mass is 9.87. The second-order valence-corrected chi connectivity index (χ2v) is 12.0. The second kappa shape index (κ2) is 19.7. The van der Waals surface area contributed by atoms with E-state index in [-0.39, 0.29) is 11.7 Å². The smallest absolute Gasteiger partial charge is 0.407 e. The third kappa shape index (κ3) is 18.6. The first-order valence-corrected chi connectivity index (χ1v) is 14.9. The molecule has 9 heteroatoms. The summed E-state index contributed by atoms with van der Waals surface area (Å²) in [7, 11) is 1.50. The van der Waals surface area contributed by atoms with Crippen molar-refractivity contribution in [1.29, 1.82) is 5.26 Å². The van der Waals surface area contributed by atoms with E-state index in [0.29, 0.717) is 18.3 Å². The number of amides is 1. The number of benzene rings is 1. The van der Waals surface area contributed by atoms with Crippen LogP contribution in [0.1, 0.15) is 84.3 Å². The summed E-state index contributed by atoms with van der Waals surface area (Å²) >= 11 is 3.35. The number of halogens is 1. The highest BCUT2D eigenvalue weighted by molar-refractivity contribution is 9.09. The molecule has 0 aliphatic carbocycles. The van der Waals surface area contributed by atoms with Crippen LogP contribution in [0.2, 0.25) is 0 Å². The monoisotopic (exact) mass is 609 g/mol. The lowest BCUT2D eigenvalue weighted by Crippen LogP contribution is -2.37. The van der Waals surface area contributed by atoms with Crippen LogP contribution in [0, 0.1) is 11.3 Å². The number of hydrogen-bond acceptors (Lipinski definition) is 7. The molecule has 0 spiro atoms.